The van der Waals surface area contributed by atoms with Gasteiger partial charge in [-0.3, -0.25) is 9.69 Å². The van der Waals surface area contributed by atoms with E-state index in [0.717, 1.165) is 27.8 Å². The third-order valence-corrected chi connectivity index (χ3v) is 7.65. The maximum atomic E-state index is 13.6. The van der Waals surface area contributed by atoms with Gasteiger partial charge in [-0.2, -0.15) is 0 Å². The molecule has 1 N–H and O–H groups in total. The van der Waals surface area contributed by atoms with Crippen LogP contribution in [0.5, 0.6) is 0 Å². The number of nitrogens with one attached hydrogen (secondary N) is 1. The fourth-order valence-corrected chi connectivity index (χ4v) is 5.70. The number of benzene rings is 2. The number of aryl methyl sites for hydroxylation is 1. The summed E-state index contributed by atoms with van der Waals surface area (Å²) in [5.74, 6) is 1.19. The van der Waals surface area contributed by atoms with Crippen LogP contribution in [0, 0.1) is 0 Å². The molecule has 0 unspecified atom stereocenters. The molecule has 7 nitrogen and oxygen atoms in total. The van der Waals surface area contributed by atoms with Gasteiger partial charge in [0.2, 0.25) is 0 Å². The molecule has 0 atom stereocenters. The zero-order valence-corrected chi connectivity index (χ0v) is 21.9. The number of pyridine rings is 1. The highest BCUT2D eigenvalue weighted by Crippen LogP contribution is 2.36. The Bertz CT molecular complexity index is 1490. The van der Waals surface area contributed by atoms with Gasteiger partial charge < -0.3 is 9.88 Å². The summed E-state index contributed by atoms with van der Waals surface area (Å²) in [6.07, 6.45) is 6.62. The number of amides is 1. The van der Waals surface area contributed by atoms with Crippen LogP contribution < -0.4 is 10.2 Å². The molecule has 0 radical (unpaired) electrons. The molecule has 37 heavy (non-hydrogen) atoms. The number of aromatic nitrogens is 4. The van der Waals surface area contributed by atoms with Gasteiger partial charge in [-0.1, -0.05) is 54.2 Å². The summed E-state index contributed by atoms with van der Waals surface area (Å²) in [4.78, 5) is 19.8. The van der Waals surface area contributed by atoms with Crippen LogP contribution in [0.1, 0.15) is 47.2 Å². The number of halogens is 2. The molecule has 1 aliphatic heterocycles. The summed E-state index contributed by atoms with van der Waals surface area (Å²) in [5, 5.41) is 12.9. The fourth-order valence-electron chi connectivity index (χ4n) is 5.30. The highest BCUT2D eigenvalue weighted by atomic mass is 35.5. The second kappa shape index (κ2) is 9.89. The molecule has 1 saturated carbocycles. The highest BCUT2D eigenvalue weighted by molar-refractivity contribution is 6.31. The van der Waals surface area contributed by atoms with Crippen LogP contribution in [0.3, 0.4) is 0 Å². The van der Waals surface area contributed by atoms with Crippen LogP contribution in [0.2, 0.25) is 10.2 Å². The van der Waals surface area contributed by atoms with Crippen molar-refractivity contribution in [2.75, 3.05) is 4.90 Å². The van der Waals surface area contributed by atoms with Crippen LogP contribution >= 0.6 is 23.2 Å². The zero-order valence-electron chi connectivity index (χ0n) is 20.4. The van der Waals surface area contributed by atoms with Gasteiger partial charge in [-0.25, -0.2) is 4.98 Å². The first-order valence-corrected chi connectivity index (χ1v) is 13.2. The van der Waals surface area contributed by atoms with E-state index < -0.39 is 0 Å². The van der Waals surface area contributed by atoms with Crippen molar-refractivity contribution in [3.63, 3.8) is 0 Å². The summed E-state index contributed by atoms with van der Waals surface area (Å²) >= 11 is 12.7. The smallest absolute Gasteiger partial charge is 0.260 e. The van der Waals surface area contributed by atoms with Crippen molar-refractivity contribution >= 4 is 34.9 Å². The number of fused-ring (bicyclic) bond motifs is 1. The van der Waals surface area contributed by atoms with Crippen molar-refractivity contribution in [3.05, 3.63) is 81.7 Å². The second-order valence-electron chi connectivity index (χ2n) is 9.74. The average Bonchev–Trinajstić information content (AvgIpc) is 3.63. The van der Waals surface area contributed by atoms with E-state index in [4.69, 9.17) is 23.2 Å². The van der Waals surface area contributed by atoms with Gasteiger partial charge in [0.25, 0.3) is 5.91 Å². The van der Waals surface area contributed by atoms with Crippen molar-refractivity contribution in [3.8, 4) is 22.5 Å². The molecule has 1 aliphatic carbocycles. The SMILES string of the molecule is Cn1cnnc1-c1cc(Cl)ccc1-c1ccc2c(c1)C(=O)N(c1cc(CNC3CCCC3)cc(Cl)n1)C2. The molecular weight excluding hydrogens is 507 g/mol. The van der Waals surface area contributed by atoms with Gasteiger partial charge in [0.1, 0.15) is 17.3 Å². The number of carbonyl (C=O) groups is 1. The monoisotopic (exact) mass is 532 g/mol. The molecule has 2 aromatic carbocycles. The molecule has 2 aliphatic rings. The lowest BCUT2D eigenvalue weighted by Crippen LogP contribution is -2.26. The predicted molar refractivity (Wildman–Crippen MR) is 146 cm³/mol. The Morgan fingerprint density at radius 1 is 1.00 bits per heavy atom. The predicted octanol–water partition coefficient (Wildman–Crippen LogP) is 6.04. The molecule has 2 aromatic heterocycles. The van der Waals surface area contributed by atoms with Gasteiger partial charge in [-0.15, -0.1) is 10.2 Å². The molecule has 1 fully saturated rings. The summed E-state index contributed by atoms with van der Waals surface area (Å²) in [6, 6.07) is 16.0. The molecule has 4 aromatic rings. The lowest BCUT2D eigenvalue weighted by molar-refractivity contribution is 0.0996. The van der Waals surface area contributed by atoms with Crippen molar-refractivity contribution in [1.29, 1.82) is 0 Å². The van der Waals surface area contributed by atoms with Crippen LogP contribution in [0.25, 0.3) is 22.5 Å². The lowest BCUT2D eigenvalue weighted by Gasteiger charge is -2.17. The number of nitrogens with zero attached hydrogens (tertiary/aromatic N) is 5. The van der Waals surface area contributed by atoms with Crippen molar-refractivity contribution in [2.45, 2.75) is 44.8 Å². The minimum absolute atomic E-state index is 0.0875. The van der Waals surface area contributed by atoms with Crippen LogP contribution in [0.15, 0.2) is 54.9 Å². The first-order chi connectivity index (χ1) is 18.0. The molecule has 0 saturated heterocycles. The topological polar surface area (TPSA) is 75.9 Å². The number of carbonyl (C=O) groups excluding carboxylic acids is 1. The van der Waals surface area contributed by atoms with Crippen LogP contribution in [-0.2, 0) is 20.1 Å². The summed E-state index contributed by atoms with van der Waals surface area (Å²) in [5.41, 5.74) is 5.32. The van der Waals surface area contributed by atoms with E-state index in [0.29, 0.717) is 46.5 Å². The van der Waals surface area contributed by atoms with E-state index in [1.54, 1.807) is 11.2 Å². The van der Waals surface area contributed by atoms with E-state index in [1.165, 1.54) is 25.7 Å². The van der Waals surface area contributed by atoms with Crippen molar-refractivity contribution < 1.29 is 4.79 Å². The maximum Gasteiger partial charge on any atom is 0.260 e. The molecular formula is C28H26Cl2N6O. The van der Waals surface area contributed by atoms with Crippen molar-refractivity contribution in [1.82, 2.24) is 25.1 Å². The average molecular weight is 533 g/mol. The Morgan fingerprint density at radius 3 is 2.62 bits per heavy atom. The Kier molecular flexibility index (Phi) is 6.44. The second-order valence-corrected chi connectivity index (χ2v) is 10.6. The van der Waals surface area contributed by atoms with Gasteiger partial charge in [0.05, 0.1) is 6.54 Å². The number of hydrogen-bond acceptors (Lipinski definition) is 5. The number of anilines is 1. The third kappa shape index (κ3) is 4.75. The van der Waals surface area contributed by atoms with E-state index in [-0.39, 0.29) is 5.91 Å². The molecule has 0 spiro atoms. The Morgan fingerprint density at radius 2 is 1.84 bits per heavy atom. The normalized spacial score (nSPS) is 15.5. The standard InChI is InChI=1S/C28H26Cl2N6O/c1-35-16-32-34-27(35)24-13-20(29)8-9-22(24)18-6-7-19-15-36(28(37)23(19)12-18)26-11-17(10-25(30)33-26)14-31-21-4-2-3-5-21/h6-13,16,21,31H,2-5,14-15H2,1H3. The van der Waals surface area contributed by atoms with E-state index >= 15 is 0 Å². The van der Waals surface area contributed by atoms with Gasteiger partial charge in [0, 0.05) is 35.8 Å². The fraction of sp³-hybridized carbons (Fsp3) is 0.286. The highest BCUT2D eigenvalue weighted by Gasteiger charge is 2.30. The summed E-state index contributed by atoms with van der Waals surface area (Å²) in [6.45, 7) is 1.16. The van der Waals surface area contributed by atoms with E-state index in [9.17, 15) is 4.79 Å². The third-order valence-electron chi connectivity index (χ3n) is 7.23. The molecule has 0 bridgehead atoms. The number of hydrogen-bond donors (Lipinski definition) is 1. The van der Waals surface area contributed by atoms with Crippen molar-refractivity contribution in [2.24, 2.45) is 7.05 Å². The molecule has 3 heterocycles. The molecule has 188 valence electrons. The lowest BCUT2D eigenvalue weighted by atomic mass is 9.96. The van der Waals surface area contributed by atoms with E-state index in [2.05, 4.69) is 20.5 Å². The Balaban J connectivity index is 1.30. The summed E-state index contributed by atoms with van der Waals surface area (Å²) in [7, 11) is 1.89. The minimum atomic E-state index is -0.0875. The van der Waals surface area contributed by atoms with Gasteiger partial charge in [0.15, 0.2) is 5.82 Å². The van der Waals surface area contributed by atoms with Crippen LogP contribution in [-0.4, -0.2) is 31.7 Å². The number of rotatable bonds is 6. The Labute approximate surface area is 225 Å². The first-order valence-electron chi connectivity index (χ1n) is 12.5. The van der Waals surface area contributed by atoms with Gasteiger partial charge >= 0.3 is 0 Å². The zero-order chi connectivity index (χ0) is 25.5. The molecule has 9 heteroatoms. The van der Waals surface area contributed by atoms with E-state index in [1.807, 2.05) is 60.1 Å². The first kappa shape index (κ1) is 24.1. The Hall–Kier alpha value is -3.26. The minimum Gasteiger partial charge on any atom is -0.317 e. The van der Waals surface area contributed by atoms with Gasteiger partial charge in [-0.05, 0) is 65.4 Å². The quantitative estimate of drug-likeness (QED) is 0.306. The van der Waals surface area contributed by atoms with Crippen LogP contribution in [0.4, 0.5) is 5.82 Å². The maximum absolute atomic E-state index is 13.6. The molecule has 1 amide bonds. The summed E-state index contributed by atoms with van der Waals surface area (Å²) < 4.78 is 1.85. The molecule has 6 rings (SSSR count). The largest absolute Gasteiger partial charge is 0.317 e.